The third kappa shape index (κ3) is 8.80. The molecule has 156 valence electrons. The molecule has 2 rings (SSSR count). The Morgan fingerprint density at radius 2 is 1.11 bits per heavy atom. The molecule has 0 bridgehead atoms. The Morgan fingerprint density at radius 1 is 0.571 bits per heavy atom. The van der Waals surface area contributed by atoms with Crippen molar-refractivity contribution in [3.8, 4) is 0 Å². The van der Waals surface area contributed by atoms with Gasteiger partial charge in [0, 0.05) is 0 Å². The molecule has 1 unspecified atom stereocenters. The standard InChI is InChI=1S/C28H44/c1-3-5-6-7-8-9-10-11-12-13-14-15-16-19-25(4-2)28-23-22-26-20-17-18-21-27(26)24-28/h17-18,20-25H,3-16,19H2,1-2H3. The highest BCUT2D eigenvalue weighted by atomic mass is 14.1. The molecule has 0 amide bonds. The largest absolute Gasteiger partial charge is 0.0654 e. The molecule has 0 aromatic heterocycles. The van der Waals surface area contributed by atoms with E-state index in [2.05, 4.69) is 56.3 Å². The predicted molar refractivity (Wildman–Crippen MR) is 127 cm³/mol. The number of unbranched alkanes of at least 4 members (excludes halogenated alkanes) is 12. The van der Waals surface area contributed by atoms with Crippen LogP contribution >= 0.6 is 0 Å². The highest BCUT2D eigenvalue weighted by Crippen LogP contribution is 2.28. The minimum Gasteiger partial charge on any atom is -0.0654 e. The Bertz CT molecular complexity index is 627. The van der Waals surface area contributed by atoms with E-state index in [-0.39, 0.29) is 0 Å². The van der Waals surface area contributed by atoms with E-state index in [4.69, 9.17) is 0 Å². The Balaban J connectivity index is 1.52. The van der Waals surface area contributed by atoms with Gasteiger partial charge < -0.3 is 0 Å². The summed E-state index contributed by atoms with van der Waals surface area (Å²) in [6.07, 6.45) is 21.3. The predicted octanol–water partition coefficient (Wildman–Crippen LogP) is 9.81. The molecule has 0 heteroatoms. The van der Waals surface area contributed by atoms with E-state index in [0.29, 0.717) is 0 Å². The Morgan fingerprint density at radius 3 is 1.68 bits per heavy atom. The zero-order valence-corrected chi connectivity index (χ0v) is 18.7. The molecule has 0 saturated carbocycles. The summed E-state index contributed by atoms with van der Waals surface area (Å²) in [5, 5.41) is 2.76. The quantitative estimate of drug-likeness (QED) is 0.254. The first-order chi connectivity index (χ1) is 13.8. The molecule has 0 spiro atoms. The lowest BCUT2D eigenvalue weighted by atomic mass is 9.89. The van der Waals surface area contributed by atoms with Crippen LogP contribution in [0.5, 0.6) is 0 Å². The summed E-state index contributed by atoms with van der Waals surface area (Å²) < 4.78 is 0. The van der Waals surface area contributed by atoms with Gasteiger partial charge in [0.15, 0.2) is 0 Å². The number of benzene rings is 2. The van der Waals surface area contributed by atoms with Crippen molar-refractivity contribution in [2.75, 3.05) is 0 Å². The van der Waals surface area contributed by atoms with Crippen molar-refractivity contribution in [2.24, 2.45) is 0 Å². The minimum atomic E-state index is 0.734. The van der Waals surface area contributed by atoms with Crippen LogP contribution in [0.3, 0.4) is 0 Å². The second-order valence-corrected chi connectivity index (χ2v) is 8.74. The van der Waals surface area contributed by atoms with Crippen LogP contribution < -0.4 is 0 Å². The highest BCUT2D eigenvalue weighted by molar-refractivity contribution is 5.83. The second-order valence-electron chi connectivity index (χ2n) is 8.74. The average Bonchev–Trinajstić information content (AvgIpc) is 2.74. The first kappa shape index (κ1) is 23.0. The lowest BCUT2D eigenvalue weighted by Crippen LogP contribution is -1.97. The number of hydrogen-bond acceptors (Lipinski definition) is 0. The van der Waals surface area contributed by atoms with E-state index in [9.17, 15) is 0 Å². The Kier molecular flexibility index (Phi) is 12.0. The van der Waals surface area contributed by atoms with Gasteiger partial charge in [-0.05, 0) is 35.1 Å². The van der Waals surface area contributed by atoms with Crippen LogP contribution in [0, 0.1) is 0 Å². The molecular formula is C28H44. The lowest BCUT2D eigenvalue weighted by molar-refractivity contribution is 0.514. The molecule has 2 aromatic rings. The summed E-state index contributed by atoms with van der Waals surface area (Å²) in [4.78, 5) is 0. The van der Waals surface area contributed by atoms with Gasteiger partial charge in [-0.3, -0.25) is 0 Å². The maximum atomic E-state index is 2.42. The van der Waals surface area contributed by atoms with Crippen LogP contribution in [0.2, 0.25) is 0 Å². The molecule has 0 fully saturated rings. The van der Waals surface area contributed by atoms with E-state index in [1.807, 2.05) is 0 Å². The second kappa shape index (κ2) is 14.7. The topological polar surface area (TPSA) is 0 Å². The van der Waals surface area contributed by atoms with Crippen LogP contribution in [0.4, 0.5) is 0 Å². The normalized spacial score (nSPS) is 12.5. The van der Waals surface area contributed by atoms with Crippen LogP contribution in [-0.4, -0.2) is 0 Å². The Labute approximate surface area is 175 Å². The summed E-state index contributed by atoms with van der Waals surface area (Å²) in [5.74, 6) is 0.734. The van der Waals surface area contributed by atoms with Gasteiger partial charge in [0.25, 0.3) is 0 Å². The summed E-state index contributed by atoms with van der Waals surface area (Å²) >= 11 is 0. The van der Waals surface area contributed by atoms with Crippen molar-refractivity contribution in [3.05, 3.63) is 48.0 Å². The molecule has 0 radical (unpaired) electrons. The first-order valence-electron chi connectivity index (χ1n) is 12.3. The third-order valence-corrected chi connectivity index (χ3v) is 6.39. The van der Waals surface area contributed by atoms with Gasteiger partial charge in [0.05, 0.1) is 0 Å². The smallest absolute Gasteiger partial charge is 0.0164 e. The lowest BCUT2D eigenvalue weighted by Gasteiger charge is -2.16. The van der Waals surface area contributed by atoms with Gasteiger partial charge >= 0.3 is 0 Å². The molecule has 0 aliphatic rings. The third-order valence-electron chi connectivity index (χ3n) is 6.39. The van der Waals surface area contributed by atoms with Crippen LogP contribution in [0.25, 0.3) is 10.8 Å². The van der Waals surface area contributed by atoms with Crippen LogP contribution in [0.15, 0.2) is 42.5 Å². The molecule has 0 nitrogen and oxygen atoms in total. The molecule has 0 saturated heterocycles. The molecule has 0 N–H and O–H groups in total. The van der Waals surface area contributed by atoms with Crippen LogP contribution in [-0.2, 0) is 0 Å². The summed E-state index contributed by atoms with van der Waals surface area (Å²) in [6, 6.07) is 15.8. The molecule has 2 aromatic carbocycles. The molecule has 1 atom stereocenters. The van der Waals surface area contributed by atoms with Gasteiger partial charge in [0.2, 0.25) is 0 Å². The fourth-order valence-corrected chi connectivity index (χ4v) is 4.48. The maximum absolute atomic E-state index is 2.42. The van der Waals surface area contributed by atoms with Gasteiger partial charge in [-0.2, -0.15) is 0 Å². The highest BCUT2D eigenvalue weighted by Gasteiger charge is 2.09. The van der Waals surface area contributed by atoms with E-state index in [0.717, 1.165) is 5.92 Å². The fraction of sp³-hybridized carbons (Fsp3) is 0.643. The zero-order chi connectivity index (χ0) is 19.9. The van der Waals surface area contributed by atoms with Gasteiger partial charge in [-0.25, -0.2) is 0 Å². The van der Waals surface area contributed by atoms with Gasteiger partial charge in [-0.1, -0.05) is 140 Å². The van der Waals surface area contributed by atoms with E-state index in [1.165, 1.54) is 107 Å². The molecular weight excluding hydrogens is 336 g/mol. The average molecular weight is 381 g/mol. The zero-order valence-electron chi connectivity index (χ0n) is 18.7. The molecule has 0 heterocycles. The van der Waals surface area contributed by atoms with Crippen molar-refractivity contribution in [3.63, 3.8) is 0 Å². The van der Waals surface area contributed by atoms with E-state index >= 15 is 0 Å². The van der Waals surface area contributed by atoms with Crippen molar-refractivity contribution in [1.29, 1.82) is 0 Å². The summed E-state index contributed by atoms with van der Waals surface area (Å²) in [5.41, 5.74) is 1.54. The Hall–Kier alpha value is -1.30. The van der Waals surface area contributed by atoms with Crippen molar-refractivity contribution in [2.45, 2.75) is 116 Å². The van der Waals surface area contributed by atoms with Crippen molar-refractivity contribution < 1.29 is 0 Å². The fourth-order valence-electron chi connectivity index (χ4n) is 4.48. The number of fused-ring (bicyclic) bond motifs is 1. The number of rotatable bonds is 16. The summed E-state index contributed by atoms with van der Waals surface area (Å²) in [7, 11) is 0. The maximum Gasteiger partial charge on any atom is -0.0164 e. The van der Waals surface area contributed by atoms with Gasteiger partial charge in [-0.15, -0.1) is 0 Å². The van der Waals surface area contributed by atoms with E-state index in [1.54, 1.807) is 5.56 Å². The molecule has 0 aliphatic heterocycles. The summed E-state index contributed by atoms with van der Waals surface area (Å²) in [6.45, 7) is 4.65. The van der Waals surface area contributed by atoms with Crippen LogP contribution in [0.1, 0.15) is 122 Å². The first-order valence-corrected chi connectivity index (χ1v) is 12.3. The monoisotopic (exact) mass is 380 g/mol. The van der Waals surface area contributed by atoms with Crippen molar-refractivity contribution >= 4 is 10.8 Å². The van der Waals surface area contributed by atoms with E-state index < -0.39 is 0 Å². The number of hydrogen-bond donors (Lipinski definition) is 0. The minimum absolute atomic E-state index is 0.734. The molecule has 0 aliphatic carbocycles. The molecule has 28 heavy (non-hydrogen) atoms. The SMILES string of the molecule is CCCCCCCCCCCCCCCC(CC)c1ccc2ccccc2c1. The van der Waals surface area contributed by atoms with Gasteiger partial charge in [0.1, 0.15) is 0 Å². The van der Waals surface area contributed by atoms with Crippen molar-refractivity contribution in [1.82, 2.24) is 0 Å².